The van der Waals surface area contributed by atoms with Crippen LogP contribution in [-0.2, 0) is 0 Å². The van der Waals surface area contributed by atoms with E-state index >= 15 is 0 Å². The Bertz CT molecular complexity index is 350. The van der Waals surface area contributed by atoms with Crippen molar-refractivity contribution in [2.45, 2.75) is 142 Å². The Morgan fingerprint density at radius 3 is 1.03 bits per heavy atom. The van der Waals surface area contributed by atoms with Gasteiger partial charge in [0.25, 0.3) is 0 Å². The molecule has 0 aromatic rings. The number of hydrogen-bond acceptors (Lipinski definition) is 4. The van der Waals surface area contributed by atoms with Crippen LogP contribution in [0, 0.1) is 0 Å². The van der Waals surface area contributed by atoms with E-state index in [2.05, 4.69) is 23.6 Å². The SMILES string of the molecule is CCCCCCCCCCC(CO)N1CCN(C(CO)CCCCCCCCCC)CC1. The second-order valence-electron chi connectivity index (χ2n) is 10.3. The number of piperazine rings is 1. The first kappa shape index (κ1) is 29.9. The molecule has 1 saturated heterocycles. The maximum atomic E-state index is 9.94. The van der Waals surface area contributed by atoms with Crippen molar-refractivity contribution in [1.82, 2.24) is 9.80 Å². The second-order valence-corrected chi connectivity index (χ2v) is 10.3. The molecule has 2 atom stereocenters. The molecule has 4 heteroatoms. The molecule has 32 heavy (non-hydrogen) atoms. The summed E-state index contributed by atoms with van der Waals surface area (Å²) in [5.74, 6) is 0. The van der Waals surface area contributed by atoms with Gasteiger partial charge in [-0.25, -0.2) is 0 Å². The van der Waals surface area contributed by atoms with Crippen molar-refractivity contribution in [2.75, 3.05) is 39.4 Å². The highest BCUT2D eigenvalue weighted by molar-refractivity contribution is 4.82. The molecule has 0 aromatic heterocycles. The minimum atomic E-state index is 0.290. The highest BCUT2D eigenvalue weighted by Crippen LogP contribution is 2.18. The van der Waals surface area contributed by atoms with Crippen molar-refractivity contribution in [3.05, 3.63) is 0 Å². The molecular formula is C28H58N2O2. The van der Waals surface area contributed by atoms with Crippen LogP contribution >= 0.6 is 0 Å². The van der Waals surface area contributed by atoms with Crippen LogP contribution in [0.2, 0.25) is 0 Å². The molecule has 0 radical (unpaired) electrons. The van der Waals surface area contributed by atoms with E-state index < -0.39 is 0 Å². The highest BCUT2D eigenvalue weighted by Gasteiger charge is 2.26. The van der Waals surface area contributed by atoms with Gasteiger partial charge in [-0.3, -0.25) is 9.80 Å². The zero-order valence-electron chi connectivity index (χ0n) is 21.9. The predicted octanol–water partition coefficient (Wildman–Crippen LogP) is 6.39. The average Bonchev–Trinajstić information content (AvgIpc) is 2.82. The molecule has 192 valence electrons. The van der Waals surface area contributed by atoms with Gasteiger partial charge in [0.1, 0.15) is 0 Å². The number of hydrogen-bond donors (Lipinski definition) is 2. The molecule has 1 aliphatic heterocycles. The highest BCUT2D eigenvalue weighted by atomic mass is 16.3. The summed E-state index contributed by atoms with van der Waals surface area (Å²) >= 11 is 0. The van der Waals surface area contributed by atoms with Gasteiger partial charge < -0.3 is 10.2 Å². The fourth-order valence-electron chi connectivity index (χ4n) is 5.27. The number of aliphatic hydroxyl groups is 2. The second kappa shape index (κ2) is 21.4. The fraction of sp³-hybridized carbons (Fsp3) is 1.00. The van der Waals surface area contributed by atoms with E-state index in [4.69, 9.17) is 0 Å². The molecule has 4 nitrogen and oxygen atoms in total. The average molecular weight is 455 g/mol. The van der Waals surface area contributed by atoms with Gasteiger partial charge in [0, 0.05) is 38.3 Å². The van der Waals surface area contributed by atoms with Gasteiger partial charge in [-0.2, -0.15) is 0 Å². The van der Waals surface area contributed by atoms with Crippen molar-refractivity contribution < 1.29 is 10.2 Å². The van der Waals surface area contributed by atoms with Gasteiger partial charge in [-0.1, -0.05) is 117 Å². The van der Waals surface area contributed by atoms with Crippen LogP contribution in [0.4, 0.5) is 0 Å². The quantitative estimate of drug-likeness (QED) is 0.186. The minimum Gasteiger partial charge on any atom is -0.395 e. The Balaban J connectivity index is 2.14. The molecule has 0 spiro atoms. The van der Waals surface area contributed by atoms with E-state index in [-0.39, 0.29) is 13.2 Å². The van der Waals surface area contributed by atoms with Gasteiger partial charge >= 0.3 is 0 Å². The van der Waals surface area contributed by atoms with Crippen molar-refractivity contribution in [3.63, 3.8) is 0 Å². The smallest absolute Gasteiger partial charge is 0.0586 e. The minimum absolute atomic E-state index is 0.290. The maximum Gasteiger partial charge on any atom is 0.0586 e. The zero-order chi connectivity index (χ0) is 23.3. The van der Waals surface area contributed by atoms with Crippen LogP contribution in [0.25, 0.3) is 0 Å². The lowest BCUT2D eigenvalue weighted by atomic mass is 10.0. The molecule has 2 N–H and O–H groups in total. The van der Waals surface area contributed by atoms with E-state index in [9.17, 15) is 10.2 Å². The van der Waals surface area contributed by atoms with Crippen LogP contribution in [-0.4, -0.2) is 71.5 Å². The molecule has 1 fully saturated rings. The topological polar surface area (TPSA) is 46.9 Å². The molecule has 0 amide bonds. The number of aliphatic hydroxyl groups excluding tert-OH is 2. The van der Waals surface area contributed by atoms with Crippen molar-refractivity contribution in [3.8, 4) is 0 Å². The van der Waals surface area contributed by atoms with E-state index in [1.165, 1.54) is 103 Å². The summed E-state index contributed by atoms with van der Waals surface area (Å²) < 4.78 is 0. The maximum absolute atomic E-state index is 9.94. The lowest BCUT2D eigenvalue weighted by Crippen LogP contribution is -2.54. The third-order valence-corrected chi connectivity index (χ3v) is 7.58. The summed E-state index contributed by atoms with van der Waals surface area (Å²) in [6.45, 7) is 9.28. The Morgan fingerprint density at radius 2 is 0.750 bits per heavy atom. The van der Waals surface area contributed by atoms with Crippen molar-refractivity contribution in [2.24, 2.45) is 0 Å². The molecule has 1 rings (SSSR count). The van der Waals surface area contributed by atoms with Crippen molar-refractivity contribution >= 4 is 0 Å². The summed E-state index contributed by atoms with van der Waals surface area (Å²) in [6.07, 6.45) is 23.8. The Morgan fingerprint density at radius 1 is 0.469 bits per heavy atom. The molecular weight excluding hydrogens is 396 g/mol. The Hall–Kier alpha value is -0.160. The van der Waals surface area contributed by atoms with Crippen LogP contribution in [0.15, 0.2) is 0 Å². The standard InChI is InChI=1S/C28H58N2O2/c1-3-5-7-9-11-13-15-17-19-27(25-31)29-21-23-30(24-22-29)28(26-32)20-18-16-14-12-10-8-6-4-2/h27-28,31-32H,3-26H2,1-2H3. The molecule has 0 bridgehead atoms. The lowest BCUT2D eigenvalue weighted by Gasteiger charge is -2.41. The van der Waals surface area contributed by atoms with Gasteiger partial charge in [0.05, 0.1) is 13.2 Å². The van der Waals surface area contributed by atoms with Gasteiger partial charge in [0.2, 0.25) is 0 Å². The summed E-state index contributed by atoms with van der Waals surface area (Å²) in [6, 6.07) is 0.662. The van der Waals surface area contributed by atoms with Crippen LogP contribution in [0.1, 0.15) is 129 Å². The molecule has 0 aromatic carbocycles. The zero-order valence-corrected chi connectivity index (χ0v) is 21.9. The molecule has 0 saturated carbocycles. The van der Waals surface area contributed by atoms with Gasteiger partial charge in [-0.05, 0) is 12.8 Å². The first-order chi connectivity index (χ1) is 15.8. The number of rotatable bonds is 22. The van der Waals surface area contributed by atoms with E-state index in [0.717, 1.165) is 39.0 Å². The van der Waals surface area contributed by atoms with E-state index in [1.807, 2.05) is 0 Å². The molecule has 1 aliphatic rings. The first-order valence-corrected chi connectivity index (χ1v) is 14.5. The molecule has 1 heterocycles. The number of nitrogens with zero attached hydrogens (tertiary/aromatic N) is 2. The molecule has 2 unspecified atom stereocenters. The predicted molar refractivity (Wildman–Crippen MR) is 139 cm³/mol. The summed E-state index contributed by atoms with van der Waals surface area (Å²) in [7, 11) is 0. The van der Waals surface area contributed by atoms with Gasteiger partial charge in [0.15, 0.2) is 0 Å². The largest absolute Gasteiger partial charge is 0.395 e. The number of unbranched alkanes of at least 4 members (excludes halogenated alkanes) is 14. The third kappa shape index (κ3) is 14.2. The van der Waals surface area contributed by atoms with E-state index in [1.54, 1.807) is 0 Å². The third-order valence-electron chi connectivity index (χ3n) is 7.58. The molecule has 0 aliphatic carbocycles. The van der Waals surface area contributed by atoms with Crippen LogP contribution in [0.5, 0.6) is 0 Å². The summed E-state index contributed by atoms with van der Waals surface area (Å²) in [5.41, 5.74) is 0. The Kier molecular flexibility index (Phi) is 20.0. The van der Waals surface area contributed by atoms with Crippen LogP contribution in [0.3, 0.4) is 0 Å². The summed E-state index contributed by atoms with van der Waals surface area (Å²) in [4.78, 5) is 5.00. The van der Waals surface area contributed by atoms with E-state index in [0.29, 0.717) is 12.1 Å². The normalized spacial score (nSPS) is 17.6. The first-order valence-electron chi connectivity index (χ1n) is 14.5. The van der Waals surface area contributed by atoms with Crippen LogP contribution < -0.4 is 0 Å². The fourth-order valence-corrected chi connectivity index (χ4v) is 5.27. The summed E-state index contributed by atoms with van der Waals surface area (Å²) in [5, 5.41) is 19.9. The lowest BCUT2D eigenvalue weighted by molar-refractivity contribution is 0.0259. The van der Waals surface area contributed by atoms with Gasteiger partial charge in [-0.15, -0.1) is 0 Å². The van der Waals surface area contributed by atoms with Crippen molar-refractivity contribution in [1.29, 1.82) is 0 Å². The monoisotopic (exact) mass is 454 g/mol. The Labute approximate surface area is 201 Å².